The molecule has 0 N–H and O–H groups in total. The van der Waals surface area contributed by atoms with Crippen LogP contribution in [-0.4, -0.2) is 90.8 Å². The second-order valence-electron chi connectivity index (χ2n) is 6.49. The zero-order chi connectivity index (χ0) is 13.0. The molecule has 0 spiro atoms. The van der Waals surface area contributed by atoms with E-state index in [1.54, 1.807) is 14.2 Å². The molecule has 0 unspecified atom stereocenters. The SMILES string of the molecule is CO[C@@H](C[N+](C)(C)C)[C@H](C[N+](C)(C)C)OC. The minimum atomic E-state index is 0.141. The maximum atomic E-state index is 5.57. The highest BCUT2D eigenvalue weighted by Gasteiger charge is 2.31. The first-order chi connectivity index (χ1) is 7.09. The second kappa shape index (κ2) is 5.96. The predicted molar refractivity (Wildman–Crippen MR) is 67.4 cm³/mol. The van der Waals surface area contributed by atoms with E-state index in [1.165, 1.54) is 0 Å². The van der Waals surface area contributed by atoms with Crippen LogP contribution in [0.15, 0.2) is 0 Å². The van der Waals surface area contributed by atoms with Crippen molar-refractivity contribution < 1.29 is 18.4 Å². The van der Waals surface area contributed by atoms with E-state index in [-0.39, 0.29) is 12.2 Å². The van der Waals surface area contributed by atoms with Gasteiger partial charge in [-0.15, -0.1) is 0 Å². The predicted octanol–water partition coefficient (Wildman–Crippen LogP) is 0.429. The number of rotatable bonds is 7. The van der Waals surface area contributed by atoms with Crippen molar-refractivity contribution in [2.24, 2.45) is 0 Å². The van der Waals surface area contributed by atoms with Gasteiger partial charge in [0.15, 0.2) is 0 Å². The van der Waals surface area contributed by atoms with Gasteiger partial charge in [0, 0.05) is 14.2 Å². The van der Waals surface area contributed by atoms with Crippen LogP contribution in [0.4, 0.5) is 0 Å². The standard InChI is InChI=1S/C12H30N2O2/c1-13(2,3)9-11(15-7)12(16-8)10-14(4,5)6/h11-12H,9-10H2,1-8H3/q+2/t11-,12-/m0/s1. The minimum absolute atomic E-state index is 0.141. The lowest BCUT2D eigenvalue weighted by molar-refractivity contribution is -0.882. The Morgan fingerprint density at radius 3 is 1.06 bits per heavy atom. The number of methoxy groups -OCH3 is 2. The van der Waals surface area contributed by atoms with Crippen LogP contribution in [0.3, 0.4) is 0 Å². The van der Waals surface area contributed by atoms with Crippen LogP contribution in [0.25, 0.3) is 0 Å². The van der Waals surface area contributed by atoms with Crippen molar-refractivity contribution in [3.63, 3.8) is 0 Å². The Balaban J connectivity index is 4.51. The summed E-state index contributed by atoms with van der Waals surface area (Å²) in [7, 11) is 16.6. The number of hydrogen-bond donors (Lipinski definition) is 0. The number of hydrogen-bond acceptors (Lipinski definition) is 2. The monoisotopic (exact) mass is 234 g/mol. The molecule has 0 aromatic heterocycles. The number of ether oxygens (including phenoxy) is 2. The van der Waals surface area contributed by atoms with Crippen molar-refractivity contribution in [1.29, 1.82) is 0 Å². The normalized spacial score (nSPS) is 17.2. The fraction of sp³-hybridized carbons (Fsp3) is 1.00. The van der Waals surface area contributed by atoms with E-state index in [0.717, 1.165) is 22.1 Å². The summed E-state index contributed by atoms with van der Waals surface area (Å²) in [5.74, 6) is 0. The first-order valence-electron chi connectivity index (χ1n) is 5.75. The van der Waals surface area contributed by atoms with Crippen LogP contribution >= 0.6 is 0 Å². The fourth-order valence-corrected chi connectivity index (χ4v) is 1.77. The smallest absolute Gasteiger partial charge is 0.137 e. The van der Waals surface area contributed by atoms with Gasteiger partial charge < -0.3 is 18.4 Å². The zero-order valence-electron chi connectivity index (χ0n) is 12.3. The van der Waals surface area contributed by atoms with Crippen LogP contribution in [0.2, 0.25) is 0 Å². The molecule has 16 heavy (non-hydrogen) atoms. The van der Waals surface area contributed by atoms with E-state index >= 15 is 0 Å². The molecule has 2 atom stereocenters. The average molecular weight is 234 g/mol. The quantitative estimate of drug-likeness (QED) is 0.595. The van der Waals surface area contributed by atoms with Gasteiger partial charge in [0.25, 0.3) is 0 Å². The van der Waals surface area contributed by atoms with Gasteiger partial charge in [-0.2, -0.15) is 0 Å². The van der Waals surface area contributed by atoms with Crippen LogP contribution < -0.4 is 0 Å². The molecule has 0 saturated heterocycles. The van der Waals surface area contributed by atoms with Gasteiger partial charge in [0.05, 0.1) is 42.3 Å². The summed E-state index contributed by atoms with van der Waals surface area (Å²) < 4.78 is 12.9. The first kappa shape index (κ1) is 15.8. The lowest BCUT2D eigenvalue weighted by atomic mass is 10.1. The molecule has 0 aromatic carbocycles. The van der Waals surface area contributed by atoms with Crippen LogP contribution in [0.1, 0.15) is 0 Å². The molecule has 0 fully saturated rings. The van der Waals surface area contributed by atoms with Gasteiger partial charge in [-0.3, -0.25) is 0 Å². The van der Waals surface area contributed by atoms with Gasteiger partial charge in [-0.25, -0.2) is 0 Å². The molecule has 0 saturated carbocycles. The molecule has 0 aliphatic rings. The Morgan fingerprint density at radius 2 is 0.938 bits per heavy atom. The Kier molecular flexibility index (Phi) is 5.90. The van der Waals surface area contributed by atoms with Crippen molar-refractivity contribution in [3.05, 3.63) is 0 Å². The molecule has 0 rings (SSSR count). The lowest BCUT2D eigenvalue weighted by Crippen LogP contribution is -2.53. The summed E-state index contributed by atoms with van der Waals surface area (Å²) in [5, 5.41) is 0. The first-order valence-corrected chi connectivity index (χ1v) is 5.75. The molecule has 4 nitrogen and oxygen atoms in total. The van der Waals surface area contributed by atoms with E-state index < -0.39 is 0 Å². The van der Waals surface area contributed by atoms with E-state index in [0.29, 0.717) is 0 Å². The molecule has 4 heteroatoms. The second-order valence-corrected chi connectivity index (χ2v) is 6.49. The van der Waals surface area contributed by atoms with E-state index in [1.807, 2.05) is 0 Å². The molecule has 0 aromatic rings. The van der Waals surface area contributed by atoms with E-state index in [2.05, 4.69) is 42.3 Å². The Labute approximate surface area is 101 Å². The third-order valence-electron chi connectivity index (χ3n) is 2.48. The van der Waals surface area contributed by atoms with Crippen molar-refractivity contribution in [2.45, 2.75) is 12.2 Å². The summed E-state index contributed by atoms with van der Waals surface area (Å²) in [4.78, 5) is 0. The summed E-state index contributed by atoms with van der Waals surface area (Å²) >= 11 is 0. The van der Waals surface area contributed by atoms with E-state index in [9.17, 15) is 0 Å². The molecule has 0 aliphatic carbocycles. The van der Waals surface area contributed by atoms with Crippen molar-refractivity contribution in [3.8, 4) is 0 Å². The maximum absolute atomic E-state index is 5.57. The average Bonchev–Trinajstić information content (AvgIpc) is 2.07. The largest absolute Gasteiger partial charge is 0.373 e. The summed E-state index contributed by atoms with van der Waals surface area (Å²) in [6.45, 7) is 1.91. The Hall–Kier alpha value is -0.160. The van der Waals surface area contributed by atoms with Crippen LogP contribution in [0, 0.1) is 0 Å². The van der Waals surface area contributed by atoms with Gasteiger partial charge in [-0.1, -0.05) is 0 Å². The summed E-state index contributed by atoms with van der Waals surface area (Å²) in [5.41, 5.74) is 0. The molecule has 0 bridgehead atoms. The molecular formula is C12H30N2O2+2. The fourth-order valence-electron chi connectivity index (χ4n) is 1.77. The zero-order valence-corrected chi connectivity index (χ0v) is 12.3. The Bertz CT molecular complexity index is 172. The topological polar surface area (TPSA) is 18.5 Å². The van der Waals surface area contributed by atoms with Crippen LogP contribution in [-0.2, 0) is 9.47 Å². The highest BCUT2D eigenvalue weighted by Crippen LogP contribution is 2.10. The maximum Gasteiger partial charge on any atom is 0.137 e. The molecule has 0 heterocycles. The summed E-state index contributed by atoms with van der Waals surface area (Å²) in [6.07, 6.45) is 0.282. The molecule has 98 valence electrons. The Morgan fingerprint density at radius 1 is 0.688 bits per heavy atom. The highest BCUT2D eigenvalue weighted by molar-refractivity contribution is 4.69. The van der Waals surface area contributed by atoms with Crippen molar-refractivity contribution in [1.82, 2.24) is 0 Å². The van der Waals surface area contributed by atoms with E-state index in [4.69, 9.17) is 9.47 Å². The molecule has 0 amide bonds. The number of nitrogens with zero attached hydrogens (tertiary/aromatic N) is 2. The number of likely N-dealkylation sites (N-methyl/N-ethyl adjacent to an activating group) is 2. The van der Waals surface area contributed by atoms with Gasteiger partial charge in [0.2, 0.25) is 0 Å². The third-order valence-corrected chi connectivity index (χ3v) is 2.48. The lowest BCUT2D eigenvalue weighted by Gasteiger charge is -2.35. The molecule has 0 aliphatic heterocycles. The van der Waals surface area contributed by atoms with Gasteiger partial charge in [0.1, 0.15) is 25.3 Å². The third kappa shape index (κ3) is 7.17. The highest BCUT2D eigenvalue weighted by atomic mass is 16.5. The summed E-state index contributed by atoms with van der Waals surface area (Å²) in [6, 6.07) is 0. The molecular weight excluding hydrogens is 204 g/mol. The van der Waals surface area contributed by atoms with Gasteiger partial charge in [-0.05, 0) is 0 Å². The van der Waals surface area contributed by atoms with Crippen molar-refractivity contribution >= 4 is 0 Å². The van der Waals surface area contributed by atoms with Crippen LogP contribution in [0.5, 0.6) is 0 Å². The number of quaternary nitrogens is 2. The minimum Gasteiger partial charge on any atom is -0.373 e. The van der Waals surface area contributed by atoms with Gasteiger partial charge >= 0.3 is 0 Å². The van der Waals surface area contributed by atoms with Crippen molar-refractivity contribution in [2.75, 3.05) is 69.6 Å². The molecule has 0 radical (unpaired) electrons.